The van der Waals surface area contributed by atoms with E-state index in [9.17, 15) is 18.0 Å². The van der Waals surface area contributed by atoms with Crippen LogP contribution in [-0.4, -0.2) is 29.7 Å². The van der Waals surface area contributed by atoms with Crippen molar-refractivity contribution in [3.8, 4) is 0 Å². The molecule has 0 atom stereocenters. The Hall–Kier alpha value is -1.53. The number of nitrogens with one attached hydrogen (secondary N) is 1. The number of aryl methyl sites for hydroxylation is 1. The Kier molecular flexibility index (Phi) is 3.56. The van der Waals surface area contributed by atoms with E-state index in [1.165, 1.54) is 18.0 Å². The van der Waals surface area contributed by atoms with Crippen molar-refractivity contribution in [2.75, 3.05) is 18.5 Å². The number of nitrogens with zero attached hydrogens (tertiary/aromatic N) is 2. The van der Waals surface area contributed by atoms with Crippen molar-refractivity contribution in [3.05, 3.63) is 22.2 Å². The summed E-state index contributed by atoms with van der Waals surface area (Å²) in [6.07, 6.45) is -5.14. The maximum atomic E-state index is 12.0. The summed E-state index contributed by atoms with van der Waals surface area (Å²) >= 11 is 0. The van der Waals surface area contributed by atoms with Crippen LogP contribution in [0.1, 0.15) is 12.2 Å². The van der Waals surface area contributed by atoms with Gasteiger partial charge < -0.3 is 9.88 Å². The zero-order valence-electron chi connectivity index (χ0n) is 8.93. The predicted octanol–water partition coefficient (Wildman–Crippen LogP) is 1.47. The largest absolute Gasteiger partial charge is 0.390 e. The van der Waals surface area contributed by atoms with Crippen LogP contribution >= 0.6 is 0 Å². The Labute approximate surface area is 90.1 Å². The lowest BCUT2D eigenvalue weighted by Gasteiger charge is -2.18. The Morgan fingerprint density at radius 2 is 2.12 bits per heavy atom. The third-order valence-electron chi connectivity index (χ3n) is 1.97. The van der Waals surface area contributed by atoms with Crippen molar-refractivity contribution in [2.45, 2.75) is 19.5 Å². The molecule has 1 aromatic rings. The van der Waals surface area contributed by atoms with Crippen LogP contribution < -0.4 is 10.5 Å². The number of hydrogen-bond donors (Lipinski definition) is 1. The van der Waals surface area contributed by atoms with Gasteiger partial charge in [0, 0.05) is 19.7 Å². The van der Waals surface area contributed by atoms with E-state index in [0.717, 1.165) is 0 Å². The van der Waals surface area contributed by atoms with E-state index < -0.39 is 12.6 Å². The molecule has 0 spiro atoms. The number of H-pyrrole nitrogens is 1. The third kappa shape index (κ3) is 3.92. The summed E-state index contributed by atoms with van der Waals surface area (Å²) in [5.41, 5.74) is -0.374. The molecule has 0 aliphatic heterocycles. The molecule has 90 valence electrons. The van der Waals surface area contributed by atoms with Gasteiger partial charge in [-0.1, -0.05) is 0 Å². The smallest absolute Gasteiger partial charge is 0.359 e. The van der Waals surface area contributed by atoms with E-state index in [1.807, 2.05) is 0 Å². The molecule has 1 N–H and O–H groups in total. The second kappa shape index (κ2) is 4.54. The first-order valence-corrected chi connectivity index (χ1v) is 4.64. The molecule has 1 aromatic heterocycles. The lowest BCUT2D eigenvalue weighted by Crippen LogP contribution is -2.26. The first-order valence-electron chi connectivity index (χ1n) is 4.64. The molecule has 0 bridgehead atoms. The quantitative estimate of drug-likeness (QED) is 0.863. The first-order chi connectivity index (χ1) is 7.28. The van der Waals surface area contributed by atoms with Gasteiger partial charge in [0.25, 0.3) is 5.56 Å². The van der Waals surface area contributed by atoms with Crippen molar-refractivity contribution in [2.24, 2.45) is 0 Å². The number of rotatable bonds is 3. The molecule has 0 aliphatic rings. The summed E-state index contributed by atoms with van der Waals surface area (Å²) < 4.78 is 35.9. The molecule has 0 aromatic carbocycles. The second-order valence-electron chi connectivity index (χ2n) is 3.48. The highest BCUT2D eigenvalue weighted by Gasteiger charge is 2.27. The minimum atomic E-state index is -4.20. The average Bonchev–Trinajstić information content (AvgIpc) is 2.11. The minimum Gasteiger partial charge on any atom is -0.359 e. The molecule has 1 heterocycles. The number of alkyl halides is 3. The van der Waals surface area contributed by atoms with Crippen molar-refractivity contribution >= 4 is 5.82 Å². The van der Waals surface area contributed by atoms with E-state index in [4.69, 9.17) is 0 Å². The van der Waals surface area contributed by atoms with Gasteiger partial charge >= 0.3 is 6.18 Å². The van der Waals surface area contributed by atoms with E-state index in [-0.39, 0.29) is 17.9 Å². The molecule has 0 aliphatic carbocycles. The molecule has 16 heavy (non-hydrogen) atoms. The normalized spacial score (nSPS) is 11.6. The monoisotopic (exact) mass is 235 g/mol. The van der Waals surface area contributed by atoms with Crippen LogP contribution in [0.4, 0.5) is 19.0 Å². The number of aromatic amines is 1. The molecular formula is C9H12F3N3O. The molecule has 0 radical (unpaired) electrons. The topological polar surface area (TPSA) is 49.0 Å². The van der Waals surface area contributed by atoms with E-state index in [0.29, 0.717) is 5.82 Å². The summed E-state index contributed by atoms with van der Waals surface area (Å²) in [4.78, 5) is 18.7. The first kappa shape index (κ1) is 12.5. The molecule has 4 nitrogen and oxygen atoms in total. The van der Waals surface area contributed by atoms with Crippen molar-refractivity contribution in [3.63, 3.8) is 0 Å². The van der Waals surface area contributed by atoms with Crippen molar-refractivity contribution in [1.29, 1.82) is 0 Å². The summed E-state index contributed by atoms with van der Waals surface area (Å²) in [7, 11) is 1.47. The predicted molar refractivity (Wildman–Crippen MR) is 53.5 cm³/mol. The second-order valence-corrected chi connectivity index (χ2v) is 3.48. The van der Waals surface area contributed by atoms with Gasteiger partial charge in [-0.3, -0.25) is 4.79 Å². The molecular weight excluding hydrogens is 223 g/mol. The molecule has 1 rings (SSSR count). The Bertz CT molecular complexity index is 413. The minimum absolute atomic E-state index is 0.223. The van der Waals surface area contributed by atoms with Gasteiger partial charge in [-0.05, 0) is 6.92 Å². The lowest BCUT2D eigenvalue weighted by molar-refractivity contribution is -0.132. The molecule has 0 amide bonds. The van der Waals surface area contributed by atoms with E-state index in [2.05, 4.69) is 9.97 Å². The van der Waals surface area contributed by atoms with Gasteiger partial charge in [0.2, 0.25) is 0 Å². The van der Waals surface area contributed by atoms with Gasteiger partial charge in [-0.2, -0.15) is 13.2 Å². The lowest BCUT2D eigenvalue weighted by atomic mass is 10.4. The fourth-order valence-corrected chi connectivity index (χ4v) is 1.17. The summed E-state index contributed by atoms with van der Waals surface area (Å²) in [5.74, 6) is 0.617. The summed E-state index contributed by atoms with van der Waals surface area (Å²) in [6, 6.07) is 1.17. The summed E-state index contributed by atoms with van der Waals surface area (Å²) in [6.45, 7) is 1.35. The zero-order valence-corrected chi connectivity index (χ0v) is 8.93. The van der Waals surface area contributed by atoms with Gasteiger partial charge in [0.15, 0.2) is 0 Å². The van der Waals surface area contributed by atoms with Crippen LogP contribution in [0.25, 0.3) is 0 Å². The number of hydrogen-bond acceptors (Lipinski definition) is 3. The van der Waals surface area contributed by atoms with Gasteiger partial charge in [0.1, 0.15) is 11.6 Å². The number of anilines is 1. The van der Waals surface area contributed by atoms with Gasteiger partial charge in [-0.25, -0.2) is 4.98 Å². The van der Waals surface area contributed by atoms with Crippen LogP contribution in [0.2, 0.25) is 0 Å². The van der Waals surface area contributed by atoms with Crippen LogP contribution in [0.5, 0.6) is 0 Å². The maximum Gasteiger partial charge on any atom is 0.390 e. The Morgan fingerprint density at radius 3 is 2.62 bits per heavy atom. The maximum absolute atomic E-state index is 12.0. The standard InChI is InChI=1S/C9H12F3N3O/c1-6-13-7(5-8(16)14-6)15(2)4-3-9(10,11)12/h5H,3-4H2,1-2H3,(H,13,14,16). The fraction of sp³-hybridized carbons (Fsp3) is 0.556. The van der Waals surface area contributed by atoms with E-state index in [1.54, 1.807) is 6.92 Å². The van der Waals surface area contributed by atoms with Crippen molar-refractivity contribution in [1.82, 2.24) is 9.97 Å². The summed E-state index contributed by atoms with van der Waals surface area (Å²) in [5, 5.41) is 0. The number of halogens is 3. The van der Waals surface area contributed by atoms with Crippen LogP contribution in [0, 0.1) is 6.92 Å². The van der Waals surface area contributed by atoms with E-state index >= 15 is 0 Å². The van der Waals surface area contributed by atoms with Crippen LogP contribution in [0.3, 0.4) is 0 Å². The molecule has 0 saturated heterocycles. The van der Waals surface area contributed by atoms with Crippen LogP contribution in [0.15, 0.2) is 10.9 Å². The molecule has 0 unspecified atom stereocenters. The Balaban J connectivity index is 2.73. The highest BCUT2D eigenvalue weighted by Crippen LogP contribution is 2.20. The fourth-order valence-electron chi connectivity index (χ4n) is 1.17. The third-order valence-corrected chi connectivity index (χ3v) is 1.97. The molecule has 7 heteroatoms. The average molecular weight is 235 g/mol. The van der Waals surface area contributed by atoms with Crippen molar-refractivity contribution < 1.29 is 13.2 Å². The van der Waals surface area contributed by atoms with Gasteiger partial charge in [0.05, 0.1) is 6.42 Å². The zero-order chi connectivity index (χ0) is 12.3. The van der Waals surface area contributed by atoms with Crippen LogP contribution in [-0.2, 0) is 0 Å². The SMILES string of the molecule is Cc1nc(N(C)CCC(F)(F)F)cc(=O)[nH]1. The highest BCUT2D eigenvalue weighted by atomic mass is 19.4. The number of aromatic nitrogens is 2. The molecule has 0 saturated carbocycles. The van der Waals surface area contributed by atoms with Gasteiger partial charge in [-0.15, -0.1) is 0 Å². The molecule has 0 fully saturated rings. The highest BCUT2D eigenvalue weighted by molar-refractivity contribution is 5.35. The Morgan fingerprint density at radius 1 is 1.50 bits per heavy atom.